The highest BCUT2D eigenvalue weighted by molar-refractivity contribution is 7.10. The highest BCUT2D eigenvalue weighted by Gasteiger charge is 2.33. The average Bonchev–Trinajstić information content (AvgIpc) is 3.25. The van der Waals surface area contributed by atoms with Gasteiger partial charge in [-0.05, 0) is 42.0 Å². The van der Waals surface area contributed by atoms with Gasteiger partial charge < -0.3 is 19.3 Å². The molecule has 1 aromatic carbocycles. The van der Waals surface area contributed by atoms with E-state index in [1.165, 1.54) is 4.88 Å². The van der Waals surface area contributed by atoms with Gasteiger partial charge in [0, 0.05) is 24.4 Å². The van der Waals surface area contributed by atoms with E-state index in [4.69, 9.17) is 9.47 Å². The summed E-state index contributed by atoms with van der Waals surface area (Å²) in [4.78, 5) is 30.3. The number of carbonyl (C=O) groups excluding carboxylic acids is 2. The van der Waals surface area contributed by atoms with Gasteiger partial charge in [0.05, 0.1) is 19.7 Å². The Morgan fingerprint density at radius 1 is 1.20 bits per heavy atom. The van der Waals surface area contributed by atoms with E-state index in [-0.39, 0.29) is 24.4 Å². The Balaban J connectivity index is 1.78. The lowest BCUT2D eigenvalue weighted by Gasteiger charge is -2.37. The van der Waals surface area contributed by atoms with Gasteiger partial charge in [0.25, 0.3) is 0 Å². The lowest BCUT2D eigenvalue weighted by molar-refractivity contribution is -0.142. The average molecular weight is 431 g/mol. The van der Waals surface area contributed by atoms with Crippen LogP contribution in [0.15, 0.2) is 35.7 Å². The van der Waals surface area contributed by atoms with E-state index in [9.17, 15) is 9.59 Å². The number of nitrogens with zero attached hydrogens (tertiary/aromatic N) is 2. The molecule has 0 saturated heterocycles. The Hall–Kier alpha value is -2.54. The van der Waals surface area contributed by atoms with Crippen molar-refractivity contribution in [2.24, 2.45) is 0 Å². The van der Waals surface area contributed by atoms with E-state index >= 15 is 0 Å². The third-order valence-electron chi connectivity index (χ3n) is 5.36. The molecule has 1 aromatic heterocycles. The minimum absolute atomic E-state index is 0.0141. The summed E-state index contributed by atoms with van der Waals surface area (Å²) in [6, 6.07) is 9.41. The predicted octanol–water partition coefficient (Wildman–Crippen LogP) is 3.91. The SMILES string of the molecule is CCCN(CC(=O)N1CCc2sccc2[C@@H]1COc1ccccc1OC)C(=O)CC. The quantitative estimate of drug-likeness (QED) is 0.605. The summed E-state index contributed by atoms with van der Waals surface area (Å²) >= 11 is 1.72. The number of fused-ring (bicyclic) bond motifs is 1. The second-order valence-corrected chi connectivity index (χ2v) is 8.28. The van der Waals surface area contributed by atoms with Crippen LogP contribution in [0.3, 0.4) is 0 Å². The number of thiophene rings is 1. The van der Waals surface area contributed by atoms with Crippen LogP contribution in [-0.2, 0) is 16.0 Å². The molecule has 1 aliphatic rings. The molecule has 3 rings (SSSR count). The van der Waals surface area contributed by atoms with Crippen LogP contribution >= 0.6 is 11.3 Å². The molecule has 2 heterocycles. The fourth-order valence-corrected chi connectivity index (χ4v) is 4.75. The van der Waals surface area contributed by atoms with Crippen LogP contribution in [0, 0.1) is 0 Å². The number of benzene rings is 1. The number of methoxy groups -OCH3 is 1. The molecule has 2 amide bonds. The standard InChI is InChI=1S/C23H30N2O4S/c1-4-12-24(22(26)5-2)15-23(27)25-13-10-21-17(11-14-30-21)18(25)16-29-20-9-7-6-8-19(20)28-3/h6-9,11,14,18H,4-5,10,12-13,15-16H2,1-3H3/t18-/m0/s1. The number of amides is 2. The molecule has 1 atom stereocenters. The van der Waals surface area contributed by atoms with Crippen molar-refractivity contribution in [1.82, 2.24) is 9.80 Å². The first-order valence-electron chi connectivity index (χ1n) is 10.5. The van der Waals surface area contributed by atoms with Crippen molar-refractivity contribution in [3.63, 3.8) is 0 Å². The second-order valence-electron chi connectivity index (χ2n) is 7.28. The van der Waals surface area contributed by atoms with Gasteiger partial charge in [0.1, 0.15) is 6.61 Å². The molecule has 2 aromatic rings. The van der Waals surface area contributed by atoms with Gasteiger partial charge in [0.2, 0.25) is 11.8 Å². The summed E-state index contributed by atoms with van der Waals surface area (Å²) in [5.74, 6) is 1.30. The molecule has 1 aliphatic heterocycles. The van der Waals surface area contributed by atoms with E-state index in [1.807, 2.05) is 43.0 Å². The van der Waals surface area contributed by atoms with Crippen LogP contribution in [0.5, 0.6) is 11.5 Å². The summed E-state index contributed by atoms with van der Waals surface area (Å²) in [6.45, 7) is 5.53. The molecule has 0 N–H and O–H groups in total. The van der Waals surface area contributed by atoms with E-state index in [0.29, 0.717) is 37.6 Å². The van der Waals surface area contributed by atoms with Crippen LogP contribution in [0.1, 0.15) is 43.2 Å². The Morgan fingerprint density at radius 2 is 1.97 bits per heavy atom. The maximum absolute atomic E-state index is 13.2. The first-order chi connectivity index (χ1) is 14.6. The van der Waals surface area contributed by atoms with Crippen molar-refractivity contribution in [1.29, 1.82) is 0 Å². The highest BCUT2D eigenvalue weighted by atomic mass is 32.1. The Labute approximate surface area is 182 Å². The molecule has 30 heavy (non-hydrogen) atoms. The largest absolute Gasteiger partial charge is 0.493 e. The van der Waals surface area contributed by atoms with Gasteiger partial charge in [-0.2, -0.15) is 0 Å². The Bertz CT molecular complexity index is 866. The van der Waals surface area contributed by atoms with Crippen molar-refractivity contribution in [3.05, 3.63) is 46.2 Å². The van der Waals surface area contributed by atoms with Crippen molar-refractivity contribution in [2.75, 3.05) is 33.4 Å². The highest BCUT2D eigenvalue weighted by Crippen LogP contribution is 2.35. The Kier molecular flexibility index (Phi) is 7.74. The van der Waals surface area contributed by atoms with Gasteiger partial charge in [-0.25, -0.2) is 0 Å². The van der Waals surface area contributed by atoms with Crippen molar-refractivity contribution in [2.45, 2.75) is 39.2 Å². The molecular weight excluding hydrogens is 400 g/mol. The summed E-state index contributed by atoms with van der Waals surface area (Å²) in [5, 5.41) is 2.07. The molecule has 0 bridgehead atoms. The summed E-state index contributed by atoms with van der Waals surface area (Å²) in [5.41, 5.74) is 1.14. The van der Waals surface area contributed by atoms with Crippen molar-refractivity contribution in [3.8, 4) is 11.5 Å². The summed E-state index contributed by atoms with van der Waals surface area (Å²) in [7, 11) is 1.61. The number of hydrogen-bond acceptors (Lipinski definition) is 5. The number of hydrogen-bond donors (Lipinski definition) is 0. The number of para-hydroxylation sites is 2. The third-order valence-corrected chi connectivity index (χ3v) is 6.35. The summed E-state index contributed by atoms with van der Waals surface area (Å²) < 4.78 is 11.5. The molecule has 0 radical (unpaired) electrons. The van der Waals surface area contributed by atoms with Crippen LogP contribution in [-0.4, -0.2) is 55.0 Å². The number of carbonyl (C=O) groups is 2. The van der Waals surface area contributed by atoms with Crippen LogP contribution in [0.4, 0.5) is 0 Å². The number of ether oxygens (including phenoxy) is 2. The van der Waals surface area contributed by atoms with Crippen molar-refractivity contribution >= 4 is 23.2 Å². The van der Waals surface area contributed by atoms with Gasteiger partial charge in [-0.15, -0.1) is 11.3 Å². The molecule has 7 heteroatoms. The monoisotopic (exact) mass is 430 g/mol. The third kappa shape index (κ3) is 4.95. The molecule has 0 saturated carbocycles. The van der Waals surface area contributed by atoms with E-state index < -0.39 is 0 Å². The topological polar surface area (TPSA) is 59.1 Å². The molecule has 0 spiro atoms. The minimum Gasteiger partial charge on any atom is -0.493 e. The zero-order valence-electron chi connectivity index (χ0n) is 17.9. The zero-order valence-corrected chi connectivity index (χ0v) is 18.7. The van der Waals surface area contributed by atoms with Crippen LogP contribution in [0.25, 0.3) is 0 Å². The molecule has 162 valence electrons. The molecule has 0 fully saturated rings. The first kappa shape index (κ1) is 22.2. The lowest BCUT2D eigenvalue weighted by atomic mass is 10.0. The van der Waals surface area contributed by atoms with Gasteiger partial charge in [-0.1, -0.05) is 26.0 Å². The maximum atomic E-state index is 13.2. The van der Waals surface area contributed by atoms with Gasteiger partial charge in [-0.3, -0.25) is 9.59 Å². The van der Waals surface area contributed by atoms with Crippen LogP contribution in [0.2, 0.25) is 0 Å². The summed E-state index contributed by atoms with van der Waals surface area (Å²) in [6.07, 6.45) is 2.07. The van der Waals surface area contributed by atoms with E-state index in [2.05, 4.69) is 11.4 Å². The molecule has 0 aliphatic carbocycles. The fraction of sp³-hybridized carbons (Fsp3) is 0.478. The second kappa shape index (κ2) is 10.5. The lowest BCUT2D eigenvalue weighted by Crippen LogP contribution is -2.47. The van der Waals surface area contributed by atoms with Crippen LogP contribution < -0.4 is 9.47 Å². The van der Waals surface area contributed by atoms with E-state index in [1.54, 1.807) is 23.3 Å². The fourth-order valence-electron chi connectivity index (χ4n) is 3.82. The van der Waals surface area contributed by atoms with E-state index in [0.717, 1.165) is 18.4 Å². The first-order valence-corrected chi connectivity index (χ1v) is 11.4. The Morgan fingerprint density at radius 3 is 2.67 bits per heavy atom. The molecular formula is C23H30N2O4S. The maximum Gasteiger partial charge on any atom is 0.242 e. The minimum atomic E-state index is -0.183. The normalized spacial score (nSPS) is 15.4. The molecule has 6 nitrogen and oxygen atoms in total. The van der Waals surface area contributed by atoms with Crippen molar-refractivity contribution < 1.29 is 19.1 Å². The predicted molar refractivity (Wildman–Crippen MR) is 118 cm³/mol. The van der Waals surface area contributed by atoms with Gasteiger partial charge in [0.15, 0.2) is 11.5 Å². The zero-order chi connectivity index (χ0) is 21.5. The molecule has 0 unspecified atom stereocenters. The van der Waals surface area contributed by atoms with Gasteiger partial charge >= 0.3 is 0 Å². The smallest absolute Gasteiger partial charge is 0.242 e. The number of rotatable bonds is 9.